The van der Waals surface area contributed by atoms with E-state index < -0.39 is 0 Å². The third-order valence-electron chi connectivity index (χ3n) is 5.90. The summed E-state index contributed by atoms with van der Waals surface area (Å²) < 4.78 is 10.6. The lowest BCUT2D eigenvalue weighted by atomic mass is 9.92. The minimum absolute atomic E-state index is 0.0965. The molecule has 31 heavy (non-hydrogen) atoms. The number of fused-ring (bicyclic) bond motifs is 1. The van der Waals surface area contributed by atoms with Crippen LogP contribution in [0.3, 0.4) is 0 Å². The molecule has 0 spiro atoms. The lowest BCUT2D eigenvalue weighted by Gasteiger charge is -2.36. The van der Waals surface area contributed by atoms with E-state index >= 15 is 0 Å². The van der Waals surface area contributed by atoms with Gasteiger partial charge in [0.2, 0.25) is 0 Å². The Morgan fingerprint density at radius 1 is 1.06 bits per heavy atom. The van der Waals surface area contributed by atoms with Crippen molar-refractivity contribution in [1.82, 2.24) is 4.90 Å². The Bertz CT molecular complexity index is 1060. The molecule has 0 saturated carbocycles. The van der Waals surface area contributed by atoms with E-state index in [0.29, 0.717) is 6.54 Å². The van der Waals surface area contributed by atoms with E-state index in [9.17, 15) is 4.79 Å². The number of nitrogens with one attached hydrogen (secondary N) is 1. The zero-order valence-corrected chi connectivity index (χ0v) is 19.2. The summed E-state index contributed by atoms with van der Waals surface area (Å²) in [5.74, 6) is 1.57. The van der Waals surface area contributed by atoms with Gasteiger partial charge in [-0.3, -0.25) is 0 Å². The van der Waals surface area contributed by atoms with Gasteiger partial charge >= 0.3 is 6.03 Å². The molecule has 2 amide bonds. The maximum atomic E-state index is 13.4. The highest BCUT2D eigenvalue weighted by Gasteiger charge is 2.35. The highest BCUT2D eigenvalue weighted by atomic mass is 32.1. The second kappa shape index (κ2) is 9.02. The topological polar surface area (TPSA) is 50.8 Å². The Morgan fingerprint density at radius 3 is 2.26 bits per heavy atom. The van der Waals surface area contributed by atoms with Gasteiger partial charge in [0.1, 0.15) is 11.5 Å². The van der Waals surface area contributed by atoms with Crippen molar-refractivity contribution in [3.63, 3.8) is 0 Å². The van der Waals surface area contributed by atoms with Crippen molar-refractivity contribution in [2.45, 2.75) is 32.7 Å². The van der Waals surface area contributed by atoms with Crippen LogP contribution < -0.4 is 14.8 Å². The molecule has 0 aliphatic carbocycles. The van der Waals surface area contributed by atoms with E-state index in [-0.39, 0.29) is 12.1 Å². The Labute approximate surface area is 187 Å². The van der Waals surface area contributed by atoms with Crippen LogP contribution in [0.1, 0.15) is 39.4 Å². The van der Waals surface area contributed by atoms with E-state index in [1.807, 2.05) is 52.6 Å². The number of aryl methyl sites for hydroxylation is 1. The standard InChI is InChI=1S/C25H28N2O3S/c1-5-21-16(2)31-24-22(21)14-15-27(23(24)17-6-10-19(29-3)11-7-17)25(28)26-18-8-12-20(30-4)13-9-18/h6-13,23H,5,14-15H2,1-4H3,(H,26,28)/t23-/m0/s1. The molecule has 2 aromatic carbocycles. The zero-order valence-electron chi connectivity index (χ0n) is 18.4. The summed E-state index contributed by atoms with van der Waals surface area (Å²) >= 11 is 1.82. The maximum absolute atomic E-state index is 13.4. The third kappa shape index (κ3) is 4.12. The number of urea groups is 1. The minimum Gasteiger partial charge on any atom is -0.497 e. The molecule has 0 radical (unpaired) electrons. The van der Waals surface area contributed by atoms with Crippen molar-refractivity contribution >= 4 is 23.1 Å². The molecule has 1 atom stereocenters. The molecule has 0 saturated heterocycles. The minimum atomic E-state index is -0.114. The number of methoxy groups -OCH3 is 2. The van der Waals surface area contributed by atoms with Gasteiger partial charge in [0.05, 0.1) is 20.3 Å². The van der Waals surface area contributed by atoms with Gasteiger partial charge in [-0.2, -0.15) is 0 Å². The summed E-state index contributed by atoms with van der Waals surface area (Å²) in [7, 11) is 3.30. The quantitative estimate of drug-likeness (QED) is 0.549. The van der Waals surface area contributed by atoms with Crippen LogP contribution in [0.2, 0.25) is 0 Å². The van der Waals surface area contributed by atoms with Crippen LogP contribution in [-0.4, -0.2) is 31.7 Å². The van der Waals surface area contributed by atoms with Crippen LogP contribution in [0.25, 0.3) is 0 Å². The van der Waals surface area contributed by atoms with Crippen LogP contribution in [-0.2, 0) is 12.8 Å². The monoisotopic (exact) mass is 436 g/mol. The first-order valence-corrected chi connectivity index (χ1v) is 11.3. The number of thiophene rings is 1. The first kappa shape index (κ1) is 21.2. The summed E-state index contributed by atoms with van der Waals surface area (Å²) in [6.07, 6.45) is 1.90. The van der Waals surface area contributed by atoms with Crippen molar-refractivity contribution in [3.8, 4) is 11.5 Å². The normalized spacial score (nSPS) is 15.4. The number of carbonyl (C=O) groups excluding carboxylic acids is 1. The van der Waals surface area contributed by atoms with Crippen molar-refractivity contribution in [1.29, 1.82) is 0 Å². The van der Waals surface area contributed by atoms with E-state index in [4.69, 9.17) is 9.47 Å². The summed E-state index contributed by atoms with van der Waals surface area (Å²) in [4.78, 5) is 17.9. The van der Waals surface area contributed by atoms with Crippen molar-refractivity contribution in [3.05, 3.63) is 75.0 Å². The molecule has 2 heterocycles. The lowest BCUT2D eigenvalue weighted by Crippen LogP contribution is -2.42. The number of anilines is 1. The molecule has 1 aliphatic rings. The number of hydrogen-bond donors (Lipinski definition) is 1. The molecule has 162 valence electrons. The lowest BCUT2D eigenvalue weighted by molar-refractivity contribution is 0.195. The smallest absolute Gasteiger partial charge is 0.322 e. The van der Waals surface area contributed by atoms with E-state index in [1.165, 1.54) is 20.9 Å². The largest absolute Gasteiger partial charge is 0.497 e. The average Bonchev–Trinajstić information content (AvgIpc) is 3.13. The molecule has 1 aliphatic heterocycles. The van der Waals surface area contributed by atoms with Gasteiger partial charge < -0.3 is 19.7 Å². The molecule has 0 fully saturated rings. The molecule has 0 unspecified atom stereocenters. The Kier molecular flexibility index (Phi) is 6.18. The van der Waals surface area contributed by atoms with Gasteiger partial charge in [0, 0.05) is 22.0 Å². The van der Waals surface area contributed by atoms with Crippen LogP contribution in [0.4, 0.5) is 10.5 Å². The first-order chi connectivity index (χ1) is 15.0. The molecule has 4 rings (SSSR count). The first-order valence-electron chi connectivity index (χ1n) is 10.5. The van der Waals surface area contributed by atoms with Crippen LogP contribution >= 0.6 is 11.3 Å². The molecular formula is C25H28N2O3S. The van der Waals surface area contributed by atoms with Gasteiger partial charge in [0.15, 0.2) is 0 Å². The zero-order chi connectivity index (χ0) is 22.0. The van der Waals surface area contributed by atoms with Gasteiger partial charge in [-0.25, -0.2) is 4.79 Å². The van der Waals surface area contributed by atoms with E-state index in [2.05, 4.69) is 31.3 Å². The van der Waals surface area contributed by atoms with Crippen molar-refractivity contribution in [2.75, 3.05) is 26.1 Å². The summed E-state index contributed by atoms with van der Waals surface area (Å²) in [5.41, 5.74) is 4.70. The van der Waals surface area contributed by atoms with Gasteiger partial charge in [0.25, 0.3) is 0 Å². The fourth-order valence-electron chi connectivity index (χ4n) is 4.32. The highest BCUT2D eigenvalue weighted by Crippen LogP contribution is 2.43. The number of hydrogen-bond acceptors (Lipinski definition) is 4. The summed E-state index contributed by atoms with van der Waals surface area (Å²) in [5, 5.41) is 3.06. The van der Waals surface area contributed by atoms with Gasteiger partial charge in [-0.15, -0.1) is 11.3 Å². The number of carbonyl (C=O) groups is 1. The van der Waals surface area contributed by atoms with E-state index in [1.54, 1.807) is 14.2 Å². The SMILES string of the molecule is CCc1c(C)sc2c1CCN(C(=O)Nc1ccc(OC)cc1)[C@H]2c1ccc(OC)cc1. The van der Waals surface area contributed by atoms with E-state index in [0.717, 1.165) is 35.6 Å². The van der Waals surface area contributed by atoms with Crippen molar-refractivity contribution in [2.24, 2.45) is 0 Å². The second-order valence-corrected chi connectivity index (χ2v) is 8.87. The predicted molar refractivity (Wildman–Crippen MR) is 126 cm³/mol. The predicted octanol–water partition coefficient (Wildman–Crippen LogP) is 5.82. The maximum Gasteiger partial charge on any atom is 0.322 e. The fraction of sp³-hybridized carbons (Fsp3) is 0.320. The molecule has 1 aromatic heterocycles. The number of benzene rings is 2. The highest BCUT2D eigenvalue weighted by molar-refractivity contribution is 7.12. The number of ether oxygens (including phenoxy) is 2. The number of amides is 2. The molecule has 3 aromatic rings. The van der Waals surface area contributed by atoms with Gasteiger partial charge in [-0.1, -0.05) is 19.1 Å². The molecule has 6 heteroatoms. The molecule has 5 nitrogen and oxygen atoms in total. The third-order valence-corrected chi connectivity index (χ3v) is 7.14. The van der Waals surface area contributed by atoms with Gasteiger partial charge in [-0.05, 0) is 72.9 Å². The Morgan fingerprint density at radius 2 is 1.68 bits per heavy atom. The molecule has 0 bridgehead atoms. The fourth-order valence-corrected chi connectivity index (χ4v) is 5.76. The Hall–Kier alpha value is -2.99. The summed E-state index contributed by atoms with van der Waals surface area (Å²) in [6, 6.07) is 15.3. The molecule has 1 N–H and O–H groups in total. The average molecular weight is 437 g/mol. The number of rotatable bonds is 5. The van der Waals surface area contributed by atoms with Crippen molar-refractivity contribution < 1.29 is 14.3 Å². The number of nitrogens with zero attached hydrogens (tertiary/aromatic N) is 1. The Balaban J connectivity index is 1.69. The summed E-state index contributed by atoms with van der Waals surface area (Å²) in [6.45, 7) is 5.07. The van der Waals surface area contributed by atoms with Crippen LogP contribution in [0, 0.1) is 6.92 Å². The molecular weight excluding hydrogens is 408 g/mol. The second-order valence-electron chi connectivity index (χ2n) is 7.61. The van der Waals surface area contributed by atoms with Crippen LogP contribution in [0.15, 0.2) is 48.5 Å². The van der Waals surface area contributed by atoms with Crippen LogP contribution in [0.5, 0.6) is 11.5 Å².